The second kappa shape index (κ2) is 10.6. The number of piperazine rings is 1. The van der Waals surface area contributed by atoms with Crippen LogP contribution in [0.5, 0.6) is 5.75 Å². The molecule has 2 N–H and O–H groups in total. The molecule has 1 saturated heterocycles. The van der Waals surface area contributed by atoms with Gasteiger partial charge in [0.15, 0.2) is 0 Å². The molecule has 1 atom stereocenters. The molecule has 1 fully saturated rings. The van der Waals surface area contributed by atoms with Crippen molar-refractivity contribution in [3.63, 3.8) is 0 Å². The van der Waals surface area contributed by atoms with Crippen LogP contribution in [-0.2, 0) is 21.2 Å². The van der Waals surface area contributed by atoms with Crippen LogP contribution in [0.4, 0.5) is 5.69 Å². The van der Waals surface area contributed by atoms with Gasteiger partial charge in [-0.3, -0.25) is 9.78 Å². The molecule has 4 aromatic rings. The van der Waals surface area contributed by atoms with Gasteiger partial charge in [0.25, 0.3) is 0 Å². The number of carbonyl (C=O) groups excluding carboxylic acids is 1. The minimum atomic E-state index is -4.04. The van der Waals surface area contributed by atoms with Gasteiger partial charge in [-0.05, 0) is 48.4 Å². The third kappa shape index (κ3) is 5.58. The van der Waals surface area contributed by atoms with Crippen LogP contribution < -0.4 is 9.62 Å². The van der Waals surface area contributed by atoms with E-state index in [-0.39, 0.29) is 23.0 Å². The van der Waals surface area contributed by atoms with Gasteiger partial charge in [-0.2, -0.15) is 4.72 Å². The molecule has 0 bridgehead atoms. The van der Waals surface area contributed by atoms with Crippen LogP contribution in [0.2, 0.25) is 0 Å². The summed E-state index contributed by atoms with van der Waals surface area (Å²) in [6, 6.07) is 22.1. The van der Waals surface area contributed by atoms with Crippen molar-refractivity contribution < 1.29 is 18.3 Å². The van der Waals surface area contributed by atoms with E-state index in [0.717, 1.165) is 11.3 Å². The summed E-state index contributed by atoms with van der Waals surface area (Å²) in [6.07, 6.45) is 3.32. The predicted octanol–water partition coefficient (Wildman–Crippen LogP) is 3.18. The van der Waals surface area contributed by atoms with Crippen LogP contribution in [-0.4, -0.2) is 61.5 Å². The van der Waals surface area contributed by atoms with Crippen LogP contribution >= 0.6 is 0 Å². The second-order valence-corrected chi connectivity index (χ2v) is 10.7. The van der Waals surface area contributed by atoms with Crippen LogP contribution in [0.15, 0.2) is 96.2 Å². The zero-order chi connectivity index (χ0) is 25.8. The van der Waals surface area contributed by atoms with Crippen LogP contribution in [0.3, 0.4) is 0 Å². The van der Waals surface area contributed by atoms with Crippen molar-refractivity contribution in [2.24, 2.45) is 0 Å². The molecule has 190 valence electrons. The van der Waals surface area contributed by atoms with Gasteiger partial charge in [-0.15, -0.1) is 0 Å². The average Bonchev–Trinajstić information content (AvgIpc) is 2.93. The van der Waals surface area contributed by atoms with E-state index in [1.165, 1.54) is 18.2 Å². The Bertz CT molecular complexity index is 1480. The number of sulfonamides is 1. The zero-order valence-electron chi connectivity index (χ0n) is 20.2. The molecule has 0 saturated carbocycles. The van der Waals surface area contributed by atoms with E-state index in [1.807, 2.05) is 30.3 Å². The topological polar surface area (TPSA) is 103 Å². The molecule has 2 heterocycles. The van der Waals surface area contributed by atoms with Gasteiger partial charge in [0.2, 0.25) is 15.9 Å². The number of carbonyl (C=O) groups is 1. The Hall–Kier alpha value is -3.95. The van der Waals surface area contributed by atoms with Gasteiger partial charge in [0.1, 0.15) is 11.8 Å². The van der Waals surface area contributed by atoms with Gasteiger partial charge in [0, 0.05) is 55.0 Å². The minimum absolute atomic E-state index is 0.102. The lowest BCUT2D eigenvalue weighted by atomic mass is 10.0. The number of nitrogens with zero attached hydrogens (tertiary/aromatic N) is 3. The fourth-order valence-corrected chi connectivity index (χ4v) is 6.09. The Kier molecular flexibility index (Phi) is 7.07. The molecule has 1 aliphatic heterocycles. The van der Waals surface area contributed by atoms with Crippen molar-refractivity contribution in [3.05, 3.63) is 96.8 Å². The van der Waals surface area contributed by atoms with Gasteiger partial charge in [0.05, 0.1) is 4.90 Å². The smallest absolute Gasteiger partial charge is 0.241 e. The first kappa shape index (κ1) is 24.7. The van der Waals surface area contributed by atoms with Crippen LogP contribution in [0, 0.1) is 0 Å². The van der Waals surface area contributed by atoms with Crippen molar-refractivity contribution in [2.45, 2.75) is 17.4 Å². The lowest BCUT2D eigenvalue weighted by Crippen LogP contribution is -2.55. The maximum Gasteiger partial charge on any atom is 0.241 e. The summed E-state index contributed by atoms with van der Waals surface area (Å²) in [5, 5.41) is 10.9. The SMILES string of the molecule is O=C([C@H](Cc1ccc(O)cc1)NS(=O)(=O)c1cccc2cnccc12)N1CCN(c2ccccc2)CC1. The van der Waals surface area contributed by atoms with Crippen molar-refractivity contribution in [3.8, 4) is 5.75 Å². The Morgan fingerprint density at radius 2 is 1.65 bits per heavy atom. The molecule has 9 heteroatoms. The molecule has 0 spiro atoms. The summed E-state index contributed by atoms with van der Waals surface area (Å²) >= 11 is 0. The number of hydrogen-bond acceptors (Lipinski definition) is 6. The number of phenols is 1. The minimum Gasteiger partial charge on any atom is -0.508 e. The Morgan fingerprint density at radius 3 is 2.38 bits per heavy atom. The molecule has 0 aliphatic carbocycles. The first-order chi connectivity index (χ1) is 17.9. The van der Waals surface area contributed by atoms with E-state index in [4.69, 9.17) is 0 Å². The summed E-state index contributed by atoms with van der Waals surface area (Å²) in [7, 11) is -4.04. The number of pyridine rings is 1. The Balaban J connectivity index is 1.39. The molecule has 5 rings (SSSR count). The fraction of sp³-hybridized carbons (Fsp3) is 0.214. The largest absolute Gasteiger partial charge is 0.508 e. The van der Waals surface area contributed by atoms with E-state index >= 15 is 0 Å². The lowest BCUT2D eigenvalue weighted by molar-refractivity contribution is -0.133. The van der Waals surface area contributed by atoms with Crippen molar-refractivity contribution in [1.82, 2.24) is 14.6 Å². The monoisotopic (exact) mass is 516 g/mol. The number of rotatable bonds is 7. The van der Waals surface area contributed by atoms with Crippen LogP contribution in [0.25, 0.3) is 10.8 Å². The van der Waals surface area contributed by atoms with Gasteiger partial charge < -0.3 is 14.9 Å². The van der Waals surface area contributed by atoms with Crippen LogP contribution in [0.1, 0.15) is 5.56 Å². The number of aromatic nitrogens is 1. The van der Waals surface area contributed by atoms with E-state index in [2.05, 4.69) is 14.6 Å². The normalized spacial score (nSPS) is 15.0. The number of benzene rings is 3. The number of amides is 1. The number of para-hydroxylation sites is 1. The van der Waals surface area contributed by atoms with Crippen molar-refractivity contribution >= 4 is 32.4 Å². The standard InChI is InChI=1S/C28H28N4O4S/c33-24-11-9-21(10-12-24)19-26(28(34)32-17-15-31(16-18-32)23-6-2-1-3-7-23)30-37(35,36)27-8-4-5-22-20-29-14-13-25(22)27/h1-14,20,26,30,33H,15-19H2/t26-/m0/s1. The fourth-order valence-electron chi connectivity index (χ4n) is 4.67. The number of aromatic hydroxyl groups is 1. The number of fused-ring (bicyclic) bond motifs is 1. The van der Waals surface area contributed by atoms with Gasteiger partial charge in [-0.25, -0.2) is 8.42 Å². The molecule has 37 heavy (non-hydrogen) atoms. The molecule has 8 nitrogen and oxygen atoms in total. The summed E-state index contributed by atoms with van der Waals surface area (Å²) in [5.74, 6) is -0.167. The van der Waals surface area contributed by atoms with E-state index < -0.39 is 16.1 Å². The molecule has 1 aromatic heterocycles. The highest BCUT2D eigenvalue weighted by molar-refractivity contribution is 7.89. The molecule has 0 radical (unpaired) electrons. The van der Waals surface area contributed by atoms with E-state index in [0.29, 0.717) is 37.0 Å². The summed E-state index contributed by atoms with van der Waals surface area (Å²) in [5.41, 5.74) is 1.84. The Labute approximate surface area is 216 Å². The lowest BCUT2D eigenvalue weighted by Gasteiger charge is -2.37. The highest BCUT2D eigenvalue weighted by Gasteiger charge is 2.32. The zero-order valence-corrected chi connectivity index (χ0v) is 21.0. The third-order valence-corrected chi connectivity index (χ3v) is 8.14. The van der Waals surface area contributed by atoms with Gasteiger partial charge >= 0.3 is 0 Å². The Morgan fingerprint density at radius 1 is 0.919 bits per heavy atom. The molecular weight excluding hydrogens is 488 g/mol. The average molecular weight is 517 g/mol. The van der Waals surface area contributed by atoms with Gasteiger partial charge in [-0.1, -0.05) is 42.5 Å². The molecule has 3 aromatic carbocycles. The summed E-state index contributed by atoms with van der Waals surface area (Å²) in [6.45, 7) is 2.29. The molecule has 0 unspecified atom stereocenters. The van der Waals surface area contributed by atoms with Crippen molar-refractivity contribution in [2.75, 3.05) is 31.1 Å². The number of nitrogens with one attached hydrogen (secondary N) is 1. The molecule has 1 aliphatic rings. The predicted molar refractivity (Wildman–Crippen MR) is 143 cm³/mol. The number of hydrogen-bond donors (Lipinski definition) is 2. The maximum atomic E-state index is 13.7. The third-order valence-electron chi connectivity index (χ3n) is 6.61. The quantitative estimate of drug-likeness (QED) is 0.391. The van der Waals surface area contributed by atoms with E-state index in [9.17, 15) is 18.3 Å². The molecular formula is C28H28N4O4S. The number of phenolic OH excluding ortho intramolecular Hbond substituents is 1. The highest BCUT2D eigenvalue weighted by Crippen LogP contribution is 2.23. The number of anilines is 1. The highest BCUT2D eigenvalue weighted by atomic mass is 32.2. The van der Waals surface area contributed by atoms with Crippen molar-refractivity contribution in [1.29, 1.82) is 0 Å². The second-order valence-electron chi connectivity index (χ2n) is 9.05. The first-order valence-corrected chi connectivity index (χ1v) is 13.6. The maximum absolute atomic E-state index is 13.7. The summed E-state index contributed by atoms with van der Waals surface area (Å²) < 4.78 is 29.8. The van der Waals surface area contributed by atoms with E-state index in [1.54, 1.807) is 47.6 Å². The summed E-state index contributed by atoms with van der Waals surface area (Å²) in [4.78, 5) is 21.8. The molecule has 1 amide bonds. The first-order valence-electron chi connectivity index (χ1n) is 12.1.